The Labute approximate surface area is 127 Å². The number of nitrogen functional groups attached to an aromatic ring is 1. The van der Waals surface area contributed by atoms with Gasteiger partial charge in [-0.3, -0.25) is 4.79 Å². The molecule has 2 aromatic rings. The van der Waals surface area contributed by atoms with Crippen LogP contribution in [0.1, 0.15) is 20.7 Å². The van der Waals surface area contributed by atoms with Gasteiger partial charge in [0, 0.05) is 21.8 Å². The number of nitrogens with two attached hydrogens (primary N) is 1. The number of aldehydes is 1. The van der Waals surface area contributed by atoms with E-state index < -0.39 is 23.2 Å². The van der Waals surface area contributed by atoms with Crippen molar-refractivity contribution < 1.29 is 23.5 Å². The van der Waals surface area contributed by atoms with Crippen molar-refractivity contribution in [3.63, 3.8) is 0 Å². The van der Waals surface area contributed by atoms with Crippen molar-refractivity contribution in [2.24, 2.45) is 0 Å². The summed E-state index contributed by atoms with van der Waals surface area (Å²) in [5.74, 6) is -3.76. The number of carboxylic acids is 1. The van der Waals surface area contributed by atoms with E-state index >= 15 is 0 Å². The molecule has 2 aromatic carbocycles. The van der Waals surface area contributed by atoms with E-state index in [4.69, 9.17) is 10.8 Å². The van der Waals surface area contributed by atoms with E-state index in [1.165, 1.54) is 0 Å². The van der Waals surface area contributed by atoms with Crippen LogP contribution < -0.4 is 5.73 Å². The average Bonchev–Trinajstić information content (AvgIpc) is 2.44. The Kier molecular flexibility index (Phi) is 5.98. The van der Waals surface area contributed by atoms with Crippen molar-refractivity contribution >= 4 is 33.9 Å². The molecule has 0 fully saturated rings. The Morgan fingerprint density at radius 1 is 1.14 bits per heavy atom. The van der Waals surface area contributed by atoms with Crippen LogP contribution in [0.3, 0.4) is 0 Å². The smallest absolute Gasteiger partial charge is 0.337 e. The number of rotatable bonds is 2. The molecule has 0 aliphatic rings. The number of carbonyl (C=O) groups excluding carboxylic acids is 1. The monoisotopic (exact) mass is 357 g/mol. The van der Waals surface area contributed by atoms with Gasteiger partial charge in [0.15, 0.2) is 11.6 Å². The van der Waals surface area contributed by atoms with Crippen LogP contribution in [0.25, 0.3) is 0 Å². The summed E-state index contributed by atoms with van der Waals surface area (Å²) in [6.07, 6.45) is 0.826. The first-order chi connectivity index (χ1) is 9.85. The maximum absolute atomic E-state index is 12.4. The molecule has 0 aliphatic heterocycles. The second kappa shape index (κ2) is 7.49. The van der Waals surface area contributed by atoms with Gasteiger partial charge >= 0.3 is 5.97 Å². The summed E-state index contributed by atoms with van der Waals surface area (Å²) in [6, 6.07) is 8.38. The standard InChI is InChI=1S/C7H5BrO.C7H5F2NO2/c8-7-3-1-6(5-9)2-4-7;8-4-1-3(7(11)12)6(10)2-5(4)9/h1-5H;1-2H,10H2,(H,11,12). The van der Waals surface area contributed by atoms with Crippen LogP contribution in [0.4, 0.5) is 14.5 Å². The zero-order valence-corrected chi connectivity index (χ0v) is 12.1. The number of carbonyl (C=O) groups is 2. The van der Waals surface area contributed by atoms with E-state index in [9.17, 15) is 18.4 Å². The molecule has 0 amide bonds. The van der Waals surface area contributed by atoms with E-state index in [-0.39, 0.29) is 5.69 Å². The fraction of sp³-hybridized carbons (Fsp3) is 0. The molecule has 2 rings (SSSR count). The van der Waals surface area contributed by atoms with Gasteiger partial charge in [-0.15, -0.1) is 0 Å². The molecule has 0 spiro atoms. The first-order valence-electron chi connectivity index (χ1n) is 5.53. The first kappa shape index (κ1) is 16.8. The predicted molar refractivity (Wildman–Crippen MR) is 77.3 cm³/mol. The van der Waals surface area contributed by atoms with Gasteiger partial charge in [0.05, 0.1) is 5.56 Å². The molecule has 0 unspecified atom stereocenters. The first-order valence-corrected chi connectivity index (χ1v) is 6.33. The fourth-order valence-corrected chi connectivity index (χ4v) is 1.55. The second-order valence-electron chi connectivity index (χ2n) is 3.83. The molecule has 0 heterocycles. The minimum Gasteiger partial charge on any atom is -0.478 e. The molecule has 3 N–H and O–H groups in total. The van der Waals surface area contributed by atoms with Crippen molar-refractivity contribution in [3.05, 3.63) is 63.6 Å². The van der Waals surface area contributed by atoms with Gasteiger partial charge in [0.2, 0.25) is 0 Å². The normalized spacial score (nSPS) is 9.48. The number of hydrogen-bond acceptors (Lipinski definition) is 3. The molecule has 0 atom stereocenters. The van der Waals surface area contributed by atoms with Gasteiger partial charge < -0.3 is 10.8 Å². The Morgan fingerprint density at radius 2 is 1.67 bits per heavy atom. The summed E-state index contributed by atoms with van der Waals surface area (Å²) in [5.41, 5.74) is 5.08. The lowest BCUT2D eigenvalue weighted by molar-refractivity contribution is 0.0697. The number of hydrogen-bond donors (Lipinski definition) is 2. The number of anilines is 1. The molecule has 0 radical (unpaired) electrons. The topological polar surface area (TPSA) is 80.4 Å². The van der Waals surface area contributed by atoms with Crippen LogP contribution in [0.2, 0.25) is 0 Å². The molecule has 21 heavy (non-hydrogen) atoms. The summed E-state index contributed by atoms with van der Waals surface area (Å²) in [5, 5.41) is 8.41. The number of aromatic carboxylic acids is 1. The van der Waals surface area contributed by atoms with E-state index in [2.05, 4.69) is 15.9 Å². The Balaban J connectivity index is 0.000000219. The van der Waals surface area contributed by atoms with Crippen molar-refractivity contribution in [1.29, 1.82) is 0 Å². The van der Waals surface area contributed by atoms with Gasteiger partial charge in [-0.25, -0.2) is 13.6 Å². The number of benzene rings is 2. The minimum atomic E-state index is -1.38. The minimum absolute atomic E-state index is 0.290. The quantitative estimate of drug-likeness (QED) is 0.636. The molecule has 0 aliphatic carbocycles. The van der Waals surface area contributed by atoms with E-state index in [1.807, 2.05) is 12.1 Å². The van der Waals surface area contributed by atoms with Crippen molar-refractivity contribution in [3.8, 4) is 0 Å². The van der Waals surface area contributed by atoms with Gasteiger partial charge in [-0.1, -0.05) is 28.1 Å². The molecule has 110 valence electrons. The zero-order valence-electron chi connectivity index (χ0n) is 10.5. The third-order valence-corrected chi connectivity index (χ3v) is 2.86. The average molecular weight is 358 g/mol. The summed E-state index contributed by atoms with van der Waals surface area (Å²) < 4.78 is 25.8. The summed E-state index contributed by atoms with van der Waals surface area (Å²) in [6.45, 7) is 0. The van der Waals surface area contributed by atoms with Crippen LogP contribution in [0, 0.1) is 11.6 Å². The van der Waals surface area contributed by atoms with E-state index in [0.717, 1.165) is 10.8 Å². The Bertz CT molecular complexity index is 660. The molecule has 0 aromatic heterocycles. The lowest BCUT2D eigenvalue weighted by Gasteiger charge is -2.00. The van der Waals surface area contributed by atoms with E-state index in [0.29, 0.717) is 17.7 Å². The summed E-state index contributed by atoms with van der Waals surface area (Å²) in [7, 11) is 0. The van der Waals surface area contributed by atoms with Gasteiger partial charge in [0.1, 0.15) is 6.29 Å². The highest BCUT2D eigenvalue weighted by Crippen LogP contribution is 2.16. The predicted octanol–water partition coefficient (Wildman–Crippen LogP) is 3.51. The maximum Gasteiger partial charge on any atom is 0.337 e. The van der Waals surface area contributed by atoms with Crippen LogP contribution >= 0.6 is 15.9 Å². The lowest BCUT2D eigenvalue weighted by Crippen LogP contribution is -2.04. The Morgan fingerprint density at radius 3 is 2.14 bits per heavy atom. The maximum atomic E-state index is 12.4. The number of carboxylic acid groups (broad SMARTS) is 1. The van der Waals surface area contributed by atoms with Crippen LogP contribution in [0.5, 0.6) is 0 Å². The molecule has 7 heteroatoms. The van der Waals surface area contributed by atoms with Crippen molar-refractivity contribution in [2.75, 3.05) is 5.73 Å². The molecule has 0 saturated heterocycles. The molecule has 4 nitrogen and oxygen atoms in total. The van der Waals surface area contributed by atoms with Crippen LogP contribution in [0.15, 0.2) is 40.9 Å². The largest absolute Gasteiger partial charge is 0.478 e. The molecular weight excluding hydrogens is 348 g/mol. The number of halogens is 3. The highest BCUT2D eigenvalue weighted by molar-refractivity contribution is 9.10. The van der Waals surface area contributed by atoms with Gasteiger partial charge in [-0.05, 0) is 18.2 Å². The van der Waals surface area contributed by atoms with Crippen LogP contribution in [-0.4, -0.2) is 17.4 Å². The Hall–Kier alpha value is -2.28. The third-order valence-electron chi connectivity index (χ3n) is 2.33. The van der Waals surface area contributed by atoms with Crippen LogP contribution in [-0.2, 0) is 0 Å². The molecular formula is C14H10BrF2NO3. The van der Waals surface area contributed by atoms with Crippen molar-refractivity contribution in [1.82, 2.24) is 0 Å². The fourth-order valence-electron chi connectivity index (χ4n) is 1.29. The molecule has 0 saturated carbocycles. The second-order valence-corrected chi connectivity index (χ2v) is 4.74. The molecule has 0 bridgehead atoms. The zero-order chi connectivity index (χ0) is 16.0. The highest BCUT2D eigenvalue weighted by Gasteiger charge is 2.12. The van der Waals surface area contributed by atoms with E-state index in [1.54, 1.807) is 12.1 Å². The highest BCUT2D eigenvalue weighted by atomic mass is 79.9. The lowest BCUT2D eigenvalue weighted by atomic mass is 10.2. The third kappa shape index (κ3) is 4.96. The van der Waals surface area contributed by atoms with Crippen molar-refractivity contribution in [2.45, 2.75) is 0 Å². The summed E-state index contributed by atoms with van der Waals surface area (Å²) in [4.78, 5) is 20.4. The van der Waals surface area contributed by atoms with Gasteiger partial charge in [0.25, 0.3) is 0 Å². The van der Waals surface area contributed by atoms with Gasteiger partial charge in [-0.2, -0.15) is 0 Å². The SMILES string of the molecule is Nc1cc(F)c(F)cc1C(=O)O.O=Cc1ccc(Br)cc1. The summed E-state index contributed by atoms with van der Waals surface area (Å²) >= 11 is 3.26.